The van der Waals surface area contributed by atoms with Gasteiger partial charge in [-0.05, 0) is 32.1 Å². The number of aromatic amines is 1. The lowest BCUT2D eigenvalue weighted by molar-refractivity contribution is 0.334. The molecule has 0 saturated heterocycles. The smallest absolute Gasteiger partial charge is 0.254 e. The van der Waals surface area contributed by atoms with Crippen molar-refractivity contribution < 1.29 is 0 Å². The van der Waals surface area contributed by atoms with Crippen LogP contribution in [0.2, 0.25) is 0 Å². The van der Waals surface area contributed by atoms with Crippen molar-refractivity contribution >= 4 is 0 Å². The molecule has 1 aromatic rings. The van der Waals surface area contributed by atoms with E-state index in [0.717, 1.165) is 42.3 Å². The van der Waals surface area contributed by atoms with Crippen molar-refractivity contribution in [3.05, 3.63) is 27.4 Å². The van der Waals surface area contributed by atoms with E-state index in [2.05, 4.69) is 16.9 Å². The summed E-state index contributed by atoms with van der Waals surface area (Å²) in [4.78, 5) is 19.5. The topological polar surface area (TPSA) is 45.8 Å². The summed E-state index contributed by atoms with van der Waals surface area (Å²) in [6, 6.07) is 0. The van der Waals surface area contributed by atoms with Crippen LogP contribution >= 0.6 is 0 Å². The largest absolute Gasteiger partial charge is 0.310 e. The maximum absolute atomic E-state index is 11.9. The molecule has 3 nitrogen and oxygen atoms in total. The second-order valence-electron chi connectivity index (χ2n) is 5.34. The standard InChI is InChI=1S/C14H22N2O/c1-4-12-10(3)15-13(16-14(12)17)11-7-5-6-9(2)8-11/h9,11H,4-8H2,1-3H3,(H,15,16,17). The molecule has 3 heteroatoms. The highest BCUT2D eigenvalue weighted by Crippen LogP contribution is 2.34. The lowest BCUT2D eigenvalue weighted by atomic mass is 9.82. The van der Waals surface area contributed by atoms with Gasteiger partial charge in [0.15, 0.2) is 0 Å². The summed E-state index contributed by atoms with van der Waals surface area (Å²) in [5.74, 6) is 2.12. The first-order valence-corrected chi connectivity index (χ1v) is 6.71. The van der Waals surface area contributed by atoms with E-state index in [1.165, 1.54) is 12.8 Å². The van der Waals surface area contributed by atoms with Crippen LogP contribution in [-0.2, 0) is 6.42 Å². The third-order valence-corrected chi connectivity index (χ3v) is 3.92. The van der Waals surface area contributed by atoms with E-state index in [9.17, 15) is 4.79 Å². The second kappa shape index (κ2) is 5.03. The van der Waals surface area contributed by atoms with Crippen LogP contribution in [0.3, 0.4) is 0 Å². The Bertz CT molecular complexity index is 450. The van der Waals surface area contributed by atoms with E-state index in [0.29, 0.717) is 5.92 Å². The number of nitrogens with zero attached hydrogens (tertiary/aromatic N) is 1. The van der Waals surface area contributed by atoms with Crippen LogP contribution in [0.4, 0.5) is 0 Å². The van der Waals surface area contributed by atoms with Gasteiger partial charge in [-0.2, -0.15) is 0 Å². The van der Waals surface area contributed by atoms with Gasteiger partial charge in [0, 0.05) is 17.2 Å². The van der Waals surface area contributed by atoms with E-state index < -0.39 is 0 Å². The number of aromatic nitrogens is 2. The fraction of sp³-hybridized carbons (Fsp3) is 0.714. The van der Waals surface area contributed by atoms with Gasteiger partial charge in [0.25, 0.3) is 5.56 Å². The Morgan fingerprint density at radius 3 is 2.76 bits per heavy atom. The Balaban J connectivity index is 2.30. The highest BCUT2D eigenvalue weighted by molar-refractivity contribution is 5.17. The summed E-state index contributed by atoms with van der Waals surface area (Å²) in [5, 5.41) is 0. The summed E-state index contributed by atoms with van der Waals surface area (Å²) in [6.07, 6.45) is 5.65. The first-order chi connectivity index (χ1) is 8.11. The fourth-order valence-electron chi connectivity index (χ4n) is 2.92. The first-order valence-electron chi connectivity index (χ1n) is 6.71. The molecule has 1 fully saturated rings. The van der Waals surface area contributed by atoms with E-state index in [-0.39, 0.29) is 5.56 Å². The highest BCUT2D eigenvalue weighted by Gasteiger charge is 2.22. The minimum Gasteiger partial charge on any atom is -0.310 e. The summed E-state index contributed by atoms with van der Waals surface area (Å²) in [6.45, 7) is 6.24. The predicted octanol–water partition coefficient (Wildman–Crippen LogP) is 2.93. The van der Waals surface area contributed by atoms with Crippen LogP contribution in [-0.4, -0.2) is 9.97 Å². The van der Waals surface area contributed by atoms with E-state index in [4.69, 9.17) is 0 Å². The summed E-state index contributed by atoms with van der Waals surface area (Å²) >= 11 is 0. The SMILES string of the molecule is CCc1c(C)nc(C2CCCC(C)C2)[nH]c1=O. The van der Waals surface area contributed by atoms with E-state index >= 15 is 0 Å². The molecule has 2 rings (SSSR count). The minimum atomic E-state index is 0.0632. The monoisotopic (exact) mass is 234 g/mol. The molecule has 0 aromatic carbocycles. The average Bonchev–Trinajstić information content (AvgIpc) is 2.28. The van der Waals surface area contributed by atoms with Crippen LogP contribution in [0.1, 0.15) is 62.5 Å². The zero-order chi connectivity index (χ0) is 12.4. The molecule has 2 atom stereocenters. The average molecular weight is 234 g/mol. The maximum atomic E-state index is 11.9. The Kier molecular flexibility index (Phi) is 3.65. The second-order valence-corrected chi connectivity index (χ2v) is 5.34. The highest BCUT2D eigenvalue weighted by atomic mass is 16.1. The molecule has 1 N–H and O–H groups in total. The zero-order valence-electron chi connectivity index (χ0n) is 11.0. The normalized spacial score (nSPS) is 24.9. The van der Waals surface area contributed by atoms with Crippen molar-refractivity contribution in [2.45, 2.75) is 58.8 Å². The van der Waals surface area contributed by atoms with Gasteiger partial charge in [0.05, 0.1) is 0 Å². The molecule has 0 spiro atoms. The van der Waals surface area contributed by atoms with Gasteiger partial charge in [0.1, 0.15) is 5.82 Å². The molecule has 1 aliphatic carbocycles. The molecule has 1 saturated carbocycles. The van der Waals surface area contributed by atoms with Gasteiger partial charge in [-0.25, -0.2) is 4.98 Å². The van der Waals surface area contributed by atoms with Crippen LogP contribution < -0.4 is 5.56 Å². The Hall–Kier alpha value is -1.12. The van der Waals surface area contributed by atoms with Crippen molar-refractivity contribution in [1.29, 1.82) is 0 Å². The third-order valence-electron chi connectivity index (χ3n) is 3.92. The number of hydrogen-bond donors (Lipinski definition) is 1. The molecule has 2 unspecified atom stereocenters. The summed E-state index contributed by atoms with van der Waals surface area (Å²) in [5.41, 5.74) is 1.80. The van der Waals surface area contributed by atoms with Crippen LogP contribution in [0.5, 0.6) is 0 Å². The molecule has 17 heavy (non-hydrogen) atoms. The van der Waals surface area contributed by atoms with Crippen molar-refractivity contribution in [2.75, 3.05) is 0 Å². The number of rotatable bonds is 2. The lowest BCUT2D eigenvalue weighted by Gasteiger charge is -2.26. The van der Waals surface area contributed by atoms with Gasteiger partial charge < -0.3 is 4.98 Å². The first kappa shape index (κ1) is 12.3. The predicted molar refractivity (Wildman–Crippen MR) is 69.3 cm³/mol. The molecular formula is C14H22N2O. The molecule has 0 bridgehead atoms. The molecule has 1 aliphatic rings. The maximum Gasteiger partial charge on any atom is 0.254 e. The Morgan fingerprint density at radius 1 is 1.41 bits per heavy atom. The summed E-state index contributed by atoms with van der Waals surface area (Å²) < 4.78 is 0. The molecule has 1 aromatic heterocycles. The van der Waals surface area contributed by atoms with Crippen molar-refractivity contribution in [3.63, 3.8) is 0 Å². The van der Waals surface area contributed by atoms with Crippen LogP contribution in [0.25, 0.3) is 0 Å². The third kappa shape index (κ3) is 2.59. The van der Waals surface area contributed by atoms with Gasteiger partial charge in [-0.15, -0.1) is 0 Å². The Morgan fingerprint density at radius 2 is 2.18 bits per heavy atom. The molecular weight excluding hydrogens is 212 g/mol. The van der Waals surface area contributed by atoms with E-state index in [1.807, 2.05) is 13.8 Å². The number of nitrogens with one attached hydrogen (secondary N) is 1. The number of hydrogen-bond acceptors (Lipinski definition) is 2. The molecule has 1 heterocycles. The molecule has 0 aliphatic heterocycles. The number of H-pyrrole nitrogens is 1. The van der Waals surface area contributed by atoms with Gasteiger partial charge in [-0.1, -0.05) is 26.7 Å². The van der Waals surface area contributed by atoms with Gasteiger partial charge in [0.2, 0.25) is 0 Å². The lowest BCUT2D eigenvalue weighted by Crippen LogP contribution is -2.22. The molecule has 94 valence electrons. The Labute approximate surface area is 103 Å². The van der Waals surface area contributed by atoms with Gasteiger partial charge in [-0.3, -0.25) is 4.79 Å². The summed E-state index contributed by atoms with van der Waals surface area (Å²) in [7, 11) is 0. The van der Waals surface area contributed by atoms with Crippen molar-refractivity contribution in [3.8, 4) is 0 Å². The van der Waals surface area contributed by atoms with Crippen molar-refractivity contribution in [1.82, 2.24) is 9.97 Å². The van der Waals surface area contributed by atoms with Crippen LogP contribution in [0.15, 0.2) is 4.79 Å². The molecule has 0 radical (unpaired) electrons. The van der Waals surface area contributed by atoms with E-state index in [1.54, 1.807) is 0 Å². The van der Waals surface area contributed by atoms with Crippen molar-refractivity contribution in [2.24, 2.45) is 5.92 Å². The fourth-order valence-corrected chi connectivity index (χ4v) is 2.92. The zero-order valence-corrected chi connectivity index (χ0v) is 11.0. The van der Waals surface area contributed by atoms with Crippen LogP contribution in [0, 0.1) is 12.8 Å². The minimum absolute atomic E-state index is 0.0632. The van der Waals surface area contributed by atoms with Gasteiger partial charge >= 0.3 is 0 Å². The molecule has 0 amide bonds. The quantitative estimate of drug-likeness (QED) is 0.855. The number of aryl methyl sites for hydroxylation is 1.